The van der Waals surface area contributed by atoms with Gasteiger partial charge in [0.1, 0.15) is 0 Å². The van der Waals surface area contributed by atoms with Crippen LogP contribution in [-0.4, -0.2) is 20.3 Å². The van der Waals surface area contributed by atoms with E-state index in [1.165, 1.54) is 11.8 Å². The molecule has 0 bridgehead atoms. The summed E-state index contributed by atoms with van der Waals surface area (Å²) in [7, 11) is 3.78. The second-order valence-corrected chi connectivity index (χ2v) is 3.67. The monoisotopic (exact) mass is 217 g/mol. The number of rotatable bonds is 5. The normalized spacial score (nSPS) is 13.3. The van der Waals surface area contributed by atoms with Crippen molar-refractivity contribution in [3.8, 4) is 0 Å². The fourth-order valence-electron chi connectivity index (χ4n) is 1.49. The number of nitrogens with one attached hydrogen (secondary N) is 3. The van der Waals surface area contributed by atoms with Gasteiger partial charge in [-0.2, -0.15) is 0 Å². The van der Waals surface area contributed by atoms with Crippen LogP contribution in [0.4, 0.5) is 0 Å². The highest BCUT2D eigenvalue weighted by Gasteiger charge is 2.03. The molecule has 1 rings (SSSR count). The highest BCUT2D eigenvalue weighted by atomic mass is 14.8. The van der Waals surface area contributed by atoms with Gasteiger partial charge in [-0.15, -0.1) is 0 Å². The fourth-order valence-corrected chi connectivity index (χ4v) is 1.49. The molecule has 0 spiro atoms. The number of hydrogen-bond acceptors (Lipinski definition) is 3. The van der Waals surface area contributed by atoms with Crippen LogP contribution in [-0.2, 0) is 0 Å². The maximum atomic E-state index is 7.33. The number of allylic oxidation sites excluding steroid dienone is 1. The van der Waals surface area contributed by atoms with Crippen LogP contribution < -0.4 is 10.6 Å². The summed E-state index contributed by atoms with van der Waals surface area (Å²) in [5, 5.41) is 13.5. The van der Waals surface area contributed by atoms with E-state index in [1.54, 1.807) is 0 Å². The van der Waals surface area contributed by atoms with Gasteiger partial charge in [0.25, 0.3) is 0 Å². The van der Waals surface area contributed by atoms with Gasteiger partial charge in [0.15, 0.2) is 0 Å². The van der Waals surface area contributed by atoms with Crippen molar-refractivity contribution < 1.29 is 0 Å². The lowest BCUT2D eigenvalue weighted by molar-refractivity contribution is 0.652. The van der Waals surface area contributed by atoms with Crippen LogP contribution in [0.2, 0.25) is 0 Å². The predicted molar refractivity (Wildman–Crippen MR) is 69.7 cm³/mol. The van der Waals surface area contributed by atoms with E-state index in [0.717, 1.165) is 11.1 Å². The molecule has 1 atom stereocenters. The molecule has 86 valence electrons. The van der Waals surface area contributed by atoms with Crippen LogP contribution in [0, 0.1) is 5.41 Å². The molecule has 0 saturated carbocycles. The highest BCUT2D eigenvalue weighted by Crippen LogP contribution is 2.16. The molecular formula is C13H19N3. The summed E-state index contributed by atoms with van der Waals surface area (Å²) in [6, 6.07) is 8.60. The van der Waals surface area contributed by atoms with Gasteiger partial charge in [0.2, 0.25) is 0 Å². The van der Waals surface area contributed by atoms with Crippen LogP contribution in [0.5, 0.6) is 0 Å². The quantitative estimate of drug-likeness (QED) is 0.662. The van der Waals surface area contributed by atoms with Crippen LogP contribution >= 0.6 is 0 Å². The molecule has 0 radical (unpaired) electrons. The first kappa shape index (κ1) is 12.5. The second-order valence-electron chi connectivity index (χ2n) is 3.67. The lowest BCUT2D eigenvalue weighted by Gasteiger charge is -2.11. The van der Waals surface area contributed by atoms with E-state index in [-0.39, 0.29) is 0 Å². The van der Waals surface area contributed by atoms with Crippen LogP contribution in [0.1, 0.15) is 24.1 Å². The summed E-state index contributed by atoms with van der Waals surface area (Å²) >= 11 is 0. The van der Waals surface area contributed by atoms with Gasteiger partial charge in [-0.05, 0) is 25.1 Å². The van der Waals surface area contributed by atoms with Gasteiger partial charge in [0.05, 0.1) is 0 Å². The molecule has 1 aromatic rings. The van der Waals surface area contributed by atoms with Gasteiger partial charge in [-0.3, -0.25) is 0 Å². The molecule has 0 fully saturated rings. The first-order chi connectivity index (χ1) is 7.72. The average molecular weight is 217 g/mol. The third-order valence-corrected chi connectivity index (χ3v) is 2.63. The number of benzene rings is 1. The topological polar surface area (TPSA) is 47.9 Å². The lowest BCUT2D eigenvalue weighted by Crippen LogP contribution is -2.12. The summed E-state index contributed by atoms with van der Waals surface area (Å²) in [4.78, 5) is 0. The van der Waals surface area contributed by atoms with Crippen molar-refractivity contribution in [1.82, 2.24) is 10.6 Å². The molecule has 0 aromatic heterocycles. The highest BCUT2D eigenvalue weighted by molar-refractivity contribution is 6.08. The summed E-state index contributed by atoms with van der Waals surface area (Å²) in [6.07, 6.45) is 3.18. The Hall–Kier alpha value is -1.61. The Balaban J connectivity index is 2.93. The zero-order valence-electron chi connectivity index (χ0n) is 10.0. The van der Waals surface area contributed by atoms with Crippen molar-refractivity contribution in [2.75, 3.05) is 14.1 Å². The summed E-state index contributed by atoms with van der Waals surface area (Å²) < 4.78 is 0. The number of hydrogen-bond donors (Lipinski definition) is 3. The standard InChI is InChI=1S/C13H19N3/c1-10(16-3)11-4-6-12(7-5-11)13(8-14)9-15-2/h4-10,14-16H,1-3H3/b13-9+,14-8?. The molecule has 1 aromatic carbocycles. The Morgan fingerprint density at radius 3 is 2.31 bits per heavy atom. The Labute approximate surface area is 97.1 Å². The van der Waals surface area contributed by atoms with E-state index in [2.05, 4.69) is 29.7 Å². The molecule has 0 aliphatic carbocycles. The van der Waals surface area contributed by atoms with Gasteiger partial charge in [-0.25, -0.2) is 0 Å². The first-order valence-electron chi connectivity index (χ1n) is 5.38. The largest absolute Gasteiger partial charge is 0.393 e. The molecule has 0 heterocycles. The maximum Gasteiger partial charge on any atom is 0.0289 e. The molecule has 0 aliphatic heterocycles. The Kier molecular flexibility index (Phi) is 4.73. The molecule has 1 unspecified atom stereocenters. The molecule has 3 N–H and O–H groups in total. The first-order valence-corrected chi connectivity index (χ1v) is 5.38. The van der Waals surface area contributed by atoms with Gasteiger partial charge < -0.3 is 16.0 Å². The van der Waals surface area contributed by atoms with Crippen molar-refractivity contribution >= 4 is 11.8 Å². The molecule has 0 saturated heterocycles. The molecule has 3 heteroatoms. The Bertz CT molecular complexity index is 365. The smallest absolute Gasteiger partial charge is 0.0289 e. The van der Waals surface area contributed by atoms with E-state index in [9.17, 15) is 0 Å². The average Bonchev–Trinajstić information content (AvgIpc) is 2.35. The third kappa shape index (κ3) is 2.94. The second kappa shape index (κ2) is 6.08. The minimum atomic E-state index is 0.353. The summed E-state index contributed by atoms with van der Waals surface area (Å²) in [5.41, 5.74) is 3.18. The van der Waals surface area contributed by atoms with Crippen LogP contribution in [0.25, 0.3) is 5.57 Å². The summed E-state index contributed by atoms with van der Waals surface area (Å²) in [5.74, 6) is 0. The fraction of sp³-hybridized carbons (Fsp3) is 0.308. The van der Waals surface area contributed by atoms with Crippen molar-refractivity contribution in [1.29, 1.82) is 5.41 Å². The Morgan fingerprint density at radius 1 is 1.25 bits per heavy atom. The van der Waals surface area contributed by atoms with E-state index >= 15 is 0 Å². The maximum absolute atomic E-state index is 7.33. The van der Waals surface area contributed by atoms with Crippen LogP contribution in [0.3, 0.4) is 0 Å². The SMILES string of the molecule is CN/C=C(\C=N)c1ccc(C(C)NC)cc1. The van der Waals surface area contributed by atoms with Crippen molar-refractivity contribution in [2.24, 2.45) is 0 Å². The zero-order valence-corrected chi connectivity index (χ0v) is 10.0. The Morgan fingerprint density at radius 2 is 1.88 bits per heavy atom. The minimum Gasteiger partial charge on any atom is -0.393 e. The summed E-state index contributed by atoms with van der Waals surface area (Å²) in [6.45, 7) is 2.12. The van der Waals surface area contributed by atoms with Gasteiger partial charge in [0, 0.05) is 31.1 Å². The van der Waals surface area contributed by atoms with Crippen molar-refractivity contribution in [2.45, 2.75) is 13.0 Å². The zero-order chi connectivity index (χ0) is 12.0. The molecule has 16 heavy (non-hydrogen) atoms. The van der Waals surface area contributed by atoms with Crippen molar-refractivity contribution in [3.63, 3.8) is 0 Å². The predicted octanol–water partition coefficient (Wildman–Crippen LogP) is 2.18. The van der Waals surface area contributed by atoms with E-state index < -0.39 is 0 Å². The van der Waals surface area contributed by atoms with Crippen LogP contribution in [0.15, 0.2) is 30.5 Å². The molecule has 0 aliphatic rings. The van der Waals surface area contributed by atoms with E-state index in [1.807, 2.05) is 32.4 Å². The van der Waals surface area contributed by atoms with Gasteiger partial charge in [-0.1, -0.05) is 24.3 Å². The van der Waals surface area contributed by atoms with E-state index in [0.29, 0.717) is 6.04 Å². The molecule has 3 nitrogen and oxygen atoms in total. The molecule has 0 amide bonds. The van der Waals surface area contributed by atoms with E-state index in [4.69, 9.17) is 5.41 Å². The van der Waals surface area contributed by atoms with Crippen molar-refractivity contribution in [3.05, 3.63) is 41.6 Å². The molecular weight excluding hydrogens is 198 g/mol. The third-order valence-electron chi connectivity index (χ3n) is 2.63. The van der Waals surface area contributed by atoms with Gasteiger partial charge >= 0.3 is 0 Å². The lowest BCUT2D eigenvalue weighted by atomic mass is 10.0. The minimum absolute atomic E-state index is 0.353.